The van der Waals surface area contributed by atoms with E-state index in [0.29, 0.717) is 18.0 Å². The van der Waals surface area contributed by atoms with Gasteiger partial charge in [-0.1, -0.05) is 6.42 Å². The quantitative estimate of drug-likeness (QED) is 0.545. The molecule has 2 heteroatoms. The van der Waals surface area contributed by atoms with E-state index < -0.39 is 0 Å². The van der Waals surface area contributed by atoms with Crippen LogP contribution in [0.3, 0.4) is 0 Å². The zero-order chi connectivity index (χ0) is 8.55. The molecule has 2 saturated heterocycles. The lowest BCUT2D eigenvalue weighted by atomic mass is 9.79. The molecule has 0 aromatic rings. The maximum Gasteiger partial charge on any atom is 0.0657 e. The lowest BCUT2D eigenvalue weighted by Crippen LogP contribution is -2.49. The highest BCUT2D eigenvalue weighted by molar-refractivity contribution is 4.97. The lowest BCUT2D eigenvalue weighted by Gasteiger charge is -2.45. The summed E-state index contributed by atoms with van der Waals surface area (Å²) in [4.78, 5) is 2.50. The summed E-state index contributed by atoms with van der Waals surface area (Å²) in [5.74, 6) is 0.344. The number of hydrogen-bond acceptors (Lipinski definition) is 2. The average Bonchev–Trinajstić information content (AvgIpc) is 2.04. The van der Waals surface area contributed by atoms with Gasteiger partial charge in [0.1, 0.15) is 0 Å². The molecule has 0 spiro atoms. The van der Waals surface area contributed by atoms with Gasteiger partial charge in [-0.05, 0) is 32.7 Å². The van der Waals surface area contributed by atoms with Gasteiger partial charge < -0.3 is 4.90 Å². The predicted molar refractivity (Wildman–Crippen MR) is 47.5 cm³/mol. The third-order valence-corrected chi connectivity index (χ3v) is 3.52. The van der Waals surface area contributed by atoms with Gasteiger partial charge in [-0.15, -0.1) is 0 Å². The topological polar surface area (TPSA) is 27.0 Å². The van der Waals surface area contributed by atoms with Gasteiger partial charge in [0.05, 0.1) is 6.07 Å². The van der Waals surface area contributed by atoms with E-state index in [0.717, 1.165) is 12.8 Å². The maximum atomic E-state index is 8.86. The van der Waals surface area contributed by atoms with Crippen LogP contribution in [0.25, 0.3) is 0 Å². The van der Waals surface area contributed by atoms with Crippen molar-refractivity contribution >= 4 is 0 Å². The van der Waals surface area contributed by atoms with Crippen molar-refractivity contribution < 1.29 is 0 Å². The summed E-state index contributed by atoms with van der Waals surface area (Å²) in [5, 5.41) is 8.86. The number of piperidine rings is 2. The van der Waals surface area contributed by atoms with Gasteiger partial charge >= 0.3 is 0 Å². The largest absolute Gasteiger partial charge is 0.300 e. The summed E-state index contributed by atoms with van der Waals surface area (Å²) in [5.41, 5.74) is 0. The van der Waals surface area contributed by atoms with E-state index in [1.165, 1.54) is 19.3 Å². The minimum Gasteiger partial charge on any atom is -0.300 e. The van der Waals surface area contributed by atoms with Crippen LogP contribution in [0.5, 0.6) is 0 Å². The van der Waals surface area contributed by atoms with Crippen molar-refractivity contribution in [2.45, 2.75) is 44.2 Å². The van der Waals surface area contributed by atoms with Gasteiger partial charge in [0.15, 0.2) is 0 Å². The lowest BCUT2D eigenvalue weighted by molar-refractivity contribution is 0.0502. The molecule has 2 heterocycles. The molecule has 66 valence electrons. The highest BCUT2D eigenvalue weighted by Crippen LogP contribution is 2.35. The molecule has 2 bridgehead atoms. The Kier molecular flexibility index (Phi) is 2.06. The summed E-state index contributed by atoms with van der Waals surface area (Å²) < 4.78 is 0. The molecule has 0 aromatic heterocycles. The molecule has 2 fully saturated rings. The van der Waals surface area contributed by atoms with Crippen molar-refractivity contribution in [2.75, 3.05) is 7.05 Å². The maximum absolute atomic E-state index is 8.86. The van der Waals surface area contributed by atoms with E-state index in [9.17, 15) is 0 Å². The number of fused-ring (bicyclic) bond motifs is 2. The summed E-state index contributed by atoms with van der Waals surface area (Å²) in [7, 11) is 2.22. The Labute approximate surface area is 74.2 Å². The second kappa shape index (κ2) is 3.06. The zero-order valence-electron chi connectivity index (χ0n) is 7.66. The molecule has 2 aliphatic rings. The van der Waals surface area contributed by atoms with Gasteiger partial charge in [-0.25, -0.2) is 0 Å². The number of hydrogen-bond donors (Lipinski definition) is 0. The third-order valence-electron chi connectivity index (χ3n) is 3.52. The Morgan fingerprint density at radius 1 is 1.25 bits per heavy atom. The van der Waals surface area contributed by atoms with Gasteiger partial charge in [-0.2, -0.15) is 5.26 Å². The Morgan fingerprint density at radius 3 is 2.33 bits per heavy atom. The molecule has 12 heavy (non-hydrogen) atoms. The fourth-order valence-electron chi connectivity index (χ4n) is 2.72. The van der Waals surface area contributed by atoms with Gasteiger partial charge in [0, 0.05) is 18.0 Å². The molecule has 0 saturated carbocycles. The normalized spacial score (nSPS) is 42.2. The smallest absolute Gasteiger partial charge is 0.0657 e. The van der Waals surface area contributed by atoms with Crippen molar-refractivity contribution in [1.82, 2.24) is 4.90 Å². The number of nitriles is 1. The van der Waals surface area contributed by atoms with E-state index in [4.69, 9.17) is 5.26 Å². The van der Waals surface area contributed by atoms with Crippen LogP contribution >= 0.6 is 0 Å². The van der Waals surface area contributed by atoms with E-state index >= 15 is 0 Å². The standard InChI is InChI=1S/C10H16N2/c1-12-9-3-2-4-10(12)6-8(5-9)7-11/h8-10H,2-6H2,1H3/t8-,9-,10+. The molecule has 2 rings (SSSR count). The van der Waals surface area contributed by atoms with E-state index in [1.807, 2.05) is 0 Å². The Balaban J connectivity index is 2.08. The van der Waals surface area contributed by atoms with Crippen LogP contribution < -0.4 is 0 Å². The van der Waals surface area contributed by atoms with Crippen molar-refractivity contribution in [1.29, 1.82) is 5.26 Å². The zero-order valence-corrected chi connectivity index (χ0v) is 7.66. The molecule has 0 radical (unpaired) electrons. The van der Waals surface area contributed by atoms with E-state index in [-0.39, 0.29) is 0 Å². The van der Waals surface area contributed by atoms with E-state index in [2.05, 4.69) is 18.0 Å². The summed E-state index contributed by atoms with van der Waals surface area (Å²) >= 11 is 0. The van der Waals surface area contributed by atoms with Crippen LogP contribution in [0.1, 0.15) is 32.1 Å². The molecule has 3 atom stereocenters. The number of rotatable bonds is 0. The summed E-state index contributed by atoms with van der Waals surface area (Å²) in [6.45, 7) is 0. The Hall–Kier alpha value is -0.550. The molecule has 0 aromatic carbocycles. The third kappa shape index (κ3) is 1.23. The highest BCUT2D eigenvalue weighted by atomic mass is 15.2. The molecular weight excluding hydrogens is 148 g/mol. The first-order valence-electron chi connectivity index (χ1n) is 4.93. The Morgan fingerprint density at radius 2 is 1.83 bits per heavy atom. The van der Waals surface area contributed by atoms with Crippen LogP contribution in [0, 0.1) is 17.2 Å². The molecule has 0 unspecified atom stereocenters. The van der Waals surface area contributed by atoms with Crippen LogP contribution in [-0.2, 0) is 0 Å². The fraction of sp³-hybridized carbons (Fsp3) is 0.900. The van der Waals surface area contributed by atoms with Crippen molar-refractivity contribution in [2.24, 2.45) is 5.92 Å². The van der Waals surface area contributed by atoms with Crippen LogP contribution in [0.2, 0.25) is 0 Å². The number of nitrogens with zero attached hydrogens (tertiary/aromatic N) is 2. The minimum absolute atomic E-state index is 0.344. The second-order valence-corrected chi connectivity index (χ2v) is 4.20. The van der Waals surface area contributed by atoms with Crippen LogP contribution in [0.15, 0.2) is 0 Å². The van der Waals surface area contributed by atoms with Crippen molar-refractivity contribution in [3.05, 3.63) is 0 Å². The second-order valence-electron chi connectivity index (χ2n) is 4.20. The molecule has 2 aliphatic heterocycles. The molecule has 2 nitrogen and oxygen atoms in total. The highest BCUT2D eigenvalue weighted by Gasteiger charge is 2.35. The van der Waals surface area contributed by atoms with Crippen LogP contribution in [0.4, 0.5) is 0 Å². The summed E-state index contributed by atoms with van der Waals surface area (Å²) in [6.07, 6.45) is 6.22. The first-order valence-corrected chi connectivity index (χ1v) is 4.93. The van der Waals surface area contributed by atoms with E-state index in [1.54, 1.807) is 0 Å². The van der Waals surface area contributed by atoms with Crippen LogP contribution in [-0.4, -0.2) is 24.0 Å². The predicted octanol–water partition coefficient (Wildman–Crippen LogP) is 1.77. The fourth-order valence-corrected chi connectivity index (χ4v) is 2.72. The first kappa shape index (κ1) is 8.07. The minimum atomic E-state index is 0.344. The van der Waals surface area contributed by atoms with Gasteiger partial charge in [0.25, 0.3) is 0 Å². The molecule has 0 aliphatic carbocycles. The molecule has 0 N–H and O–H groups in total. The average molecular weight is 164 g/mol. The van der Waals surface area contributed by atoms with Gasteiger partial charge in [-0.3, -0.25) is 0 Å². The summed E-state index contributed by atoms with van der Waals surface area (Å²) in [6, 6.07) is 3.85. The van der Waals surface area contributed by atoms with Gasteiger partial charge in [0.2, 0.25) is 0 Å². The first-order chi connectivity index (χ1) is 5.81. The molecule has 0 amide bonds. The SMILES string of the molecule is CN1[C@@H]2CCC[C@H]1C[C@H](C#N)C2. The monoisotopic (exact) mass is 164 g/mol. The molecular formula is C10H16N2. The Bertz CT molecular complexity index is 192. The van der Waals surface area contributed by atoms with Crippen molar-refractivity contribution in [3.8, 4) is 6.07 Å². The van der Waals surface area contributed by atoms with Crippen molar-refractivity contribution in [3.63, 3.8) is 0 Å².